The van der Waals surface area contributed by atoms with E-state index in [1.807, 2.05) is 25.5 Å². The molecule has 1 aromatic heterocycles. The minimum Gasteiger partial charge on any atom is -0.494 e. The van der Waals surface area contributed by atoms with E-state index in [1.54, 1.807) is 23.5 Å². The molecule has 130 valence electrons. The Morgan fingerprint density at radius 3 is 2.75 bits per heavy atom. The van der Waals surface area contributed by atoms with E-state index in [-0.39, 0.29) is 17.7 Å². The molecule has 1 aromatic carbocycles. The summed E-state index contributed by atoms with van der Waals surface area (Å²) in [4.78, 5) is 15.4. The maximum absolute atomic E-state index is 13.6. The Morgan fingerprint density at radius 1 is 1.38 bits per heavy atom. The molecular formula is C18H23FN2O2S. The number of nitrogens with one attached hydrogen (secondary N) is 1. The molecule has 0 bridgehead atoms. The second-order valence-electron chi connectivity index (χ2n) is 5.77. The zero-order valence-corrected chi connectivity index (χ0v) is 15.0. The molecule has 0 aliphatic carbocycles. The first-order valence-corrected chi connectivity index (χ1v) is 8.68. The quantitative estimate of drug-likeness (QED) is 0.795. The van der Waals surface area contributed by atoms with Crippen molar-refractivity contribution in [2.75, 3.05) is 27.7 Å². The normalized spacial score (nSPS) is 12.2. The topological polar surface area (TPSA) is 41.6 Å². The first-order valence-electron chi connectivity index (χ1n) is 7.80. The lowest BCUT2D eigenvalue weighted by atomic mass is 10.1. The van der Waals surface area contributed by atoms with Gasteiger partial charge in [0.05, 0.1) is 13.2 Å². The highest BCUT2D eigenvalue weighted by Crippen LogP contribution is 2.22. The maximum atomic E-state index is 13.6. The van der Waals surface area contributed by atoms with Crippen molar-refractivity contribution in [3.8, 4) is 5.75 Å². The number of halogens is 1. The van der Waals surface area contributed by atoms with Gasteiger partial charge in [-0.2, -0.15) is 0 Å². The number of nitrogens with zero attached hydrogens (tertiary/aromatic N) is 1. The van der Waals surface area contributed by atoms with Crippen LogP contribution in [0.25, 0.3) is 0 Å². The molecule has 2 rings (SSSR count). The van der Waals surface area contributed by atoms with Gasteiger partial charge in [-0.05, 0) is 49.7 Å². The number of hydrogen-bond donors (Lipinski definition) is 1. The van der Waals surface area contributed by atoms with Gasteiger partial charge < -0.3 is 15.0 Å². The van der Waals surface area contributed by atoms with Crippen molar-refractivity contribution in [1.82, 2.24) is 10.2 Å². The predicted molar refractivity (Wildman–Crippen MR) is 95.0 cm³/mol. The number of carbonyl (C=O) groups excluding carboxylic acids is 1. The van der Waals surface area contributed by atoms with Crippen LogP contribution in [0, 0.1) is 5.82 Å². The number of likely N-dealkylation sites (N-methyl/N-ethyl adjacent to an activating group) is 1. The van der Waals surface area contributed by atoms with Crippen molar-refractivity contribution >= 4 is 17.2 Å². The second kappa shape index (κ2) is 8.80. The van der Waals surface area contributed by atoms with Crippen molar-refractivity contribution in [3.63, 3.8) is 0 Å². The SMILES string of the molecule is COc1ccc(CCC(=O)NCC(c2cccs2)N(C)C)cc1F. The molecule has 0 saturated carbocycles. The molecule has 1 heterocycles. The number of benzene rings is 1. The van der Waals surface area contributed by atoms with Gasteiger partial charge in [-0.25, -0.2) is 4.39 Å². The third-order valence-corrected chi connectivity index (χ3v) is 4.82. The molecule has 0 spiro atoms. The van der Waals surface area contributed by atoms with Gasteiger partial charge in [0.1, 0.15) is 0 Å². The lowest BCUT2D eigenvalue weighted by Gasteiger charge is -2.23. The predicted octanol–water partition coefficient (Wildman–Crippen LogP) is 3.25. The van der Waals surface area contributed by atoms with Crippen LogP contribution in [0.15, 0.2) is 35.7 Å². The minimum atomic E-state index is -0.402. The average Bonchev–Trinajstić information content (AvgIpc) is 3.07. The molecule has 4 nitrogen and oxygen atoms in total. The van der Waals surface area contributed by atoms with Crippen LogP contribution in [-0.2, 0) is 11.2 Å². The summed E-state index contributed by atoms with van der Waals surface area (Å²) in [5, 5.41) is 5.00. The van der Waals surface area contributed by atoms with Crippen LogP contribution in [0.2, 0.25) is 0 Å². The number of amides is 1. The van der Waals surface area contributed by atoms with Crippen LogP contribution in [0.5, 0.6) is 5.75 Å². The zero-order valence-electron chi connectivity index (χ0n) is 14.2. The van der Waals surface area contributed by atoms with E-state index in [2.05, 4.69) is 16.3 Å². The molecule has 1 unspecified atom stereocenters. The lowest BCUT2D eigenvalue weighted by Crippen LogP contribution is -2.34. The summed E-state index contributed by atoms with van der Waals surface area (Å²) in [6, 6.07) is 9.02. The second-order valence-corrected chi connectivity index (χ2v) is 6.75. The molecule has 0 radical (unpaired) electrons. The van der Waals surface area contributed by atoms with Gasteiger partial charge in [-0.1, -0.05) is 12.1 Å². The van der Waals surface area contributed by atoms with Gasteiger partial charge in [0.2, 0.25) is 5.91 Å². The van der Waals surface area contributed by atoms with Gasteiger partial charge in [0.25, 0.3) is 0 Å². The summed E-state index contributed by atoms with van der Waals surface area (Å²) in [7, 11) is 5.42. The van der Waals surface area contributed by atoms with E-state index >= 15 is 0 Å². The lowest BCUT2D eigenvalue weighted by molar-refractivity contribution is -0.121. The first-order chi connectivity index (χ1) is 11.5. The highest BCUT2D eigenvalue weighted by atomic mass is 32.1. The van der Waals surface area contributed by atoms with Gasteiger partial charge in [0, 0.05) is 17.8 Å². The van der Waals surface area contributed by atoms with Crippen LogP contribution < -0.4 is 10.1 Å². The molecule has 6 heteroatoms. The van der Waals surface area contributed by atoms with Crippen molar-refractivity contribution in [2.24, 2.45) is 0 Å². The van der Waals surface area contributed by atoms with Crippen molar-refractivity contribution in [3.05, 3.63) is 52.0 Å². The molecule has 24 heavy (non-hydrogen) atoms. The standard InChI is InChI=1S/C18H23FN2O2S/c1-21(2)15(17-5-4-10-24-17)12-20-18(22)9-7-13-6-8-16(23-3)14(19)11-13/h4-6,8,10-11,15H,7,9,12H2,1-3H3,(H,20,22). The number of methoxy groups -OCH3 is 1. The molecule has 0 fully saturated rings. The molecule has 1 N–H and O–H groups in total. The Balaban J connectivity index is 1.83. The monoisotopic (exact) mass is 350 g/mol. The van der Waals surface area contributed by atoms with Crippen molar-refractivity contribution in [1.29, 1.82) is 0 Å². The highest BCUT2D eigenvalue weighted by molar-refractivity contribution is 7.10. The molecular weight excluding hydrogens is 327 g/mol. The highest BCUT2D eigenvalue weighted by Gasteiger charge is 2.16. The minimum absolute atomic E-state index is 0.0327. The Labute approximate surface area is 146 Å². The van der Waals surface area contributed by atoms with E-state index in [0.29, 0.717) is 19.4 Å². The molecule has 2 aromatic rings. The van der Waals surface area contributed by atoms with E-state index in [1.165, 1.54) is 18.1 Å². The molecule has 1 atom stereocenters. The van der Waals surface area contributed by atoms with Crippen LogP contribution in [0.4, 0.5) is 4.39 Å². The maximum Gasteiger partial charge on any atom is 0.220 e. The van der Waals surface area contributed by atoms with E-state index in [4.69, 9.17) is 4.74 Å². The number of carbonyl (C=O) groups is 1. The van der Waals surface area contributed by atoms with E-state index < -0.39 is 5.82 Å². The fraction of sp³-hybridized carbons (Fsp3) is 0.389. The number of aryl methyl sites for hydroxylation is 1. The summed E-state index contributed by atoms with van der Waals surface area (Å²) in [5.41, 5.74) is 0.783. The van der Waals surface area contributed by atoms with Crippen LogP contribution in [0.3, 0.4) is 0 Å². The summed E-state index contributed by atoms with van der Waals surface area (Å²) in [6.07, 6.45) is 0.828. The van der Waals surface area contributed by atoms with Crippen LogP contribution in [-0.4, -0.2) is 38.6 Å². The Bertz CT molecular complexity index is 659. The van der Waals surface area contributed by atoms with Gasteiger partial charge in [-0.3, -0.25) is 4.79 Å². The number of hydrogen-bond acceptors (Lipinski definition) is 4. The largest absolute Gasteiger partial charge is 0.494 e. The average molecular weight is 350 g/mol. The Hall–Kier alpha value is -1.92. The summed E-state index contributed by atoms with van der Waals surface area (Å²) < 4.78 is 18.5. The van der Waals surface area contributed by atoms with Gasteiger partial charge in [0.15, 0.2) is 11.6 Å². The molecule has 0 aliphatic heterocycles. The number of thiophene rings is 1. The number of rotatable bonds is 8. The fourth-order valence-electron chi connectivity index (χ4n) is 2.44. The summed E-state index contributed by atoms with van der Waals surface area (Å²) >= 11 is 1.68. The van der Waals surface area contributed by atoms with Crippen LogP contribution in [0.1, 0.15) is 22.9 Å². The third-order valence-electron chi connectivity index (χ3n) is 3.84. The van der Waals surface area contributed by atoms with Gasteiger partial charge >= 0.3 is 0 Å². The van der Waals surface area contributed by atoms with Crippen LogP contribution >= 0.6 is 11.3 Å². The Kier molecular flexibility index (Phi) is 6.75. The van der Waals surface area contributed by atoms with Gasteiger partial charge in [-0.15, -0.1) is 11.3 Å². The van der Waals surface area contributed by atoms with E-state index in [9.17, 15) is 9.18 Å². The fourth-order valence-corrected chi connectivity index (χ4v) is 3.36. The first kappa shape index (κ1) is 18.4. The zero-order chi connectivity index (χ0) is 17.5. The molecule has 1 amide bonds. The van der Waals surface area contributed by atoms with Crippen molar-refractivity contribution in [2.45, 2.75) is 18.9 Å². The smallest absolute Gasteiger partial charge is 0.220 e. The molecule has 0 aliphatic rings. The number of ether oxygens (including phenoxy) is 1. The van der Waals surface area contributed by atoms with E-state index in [0.717, 1.165) is 5.56 Å². The summed E-state index contributed by atoms with van der Waals surface area (Å²) in [6.45, 7) is 0.559. The molecule has 0 saturated heterocycles. The summed E-state index contributed by atoms with van der Waals surface area (Å²) in [5.74, 6) is -0.219. The third kappa shape index (κ3) is 5.04. The Morgan fingerprint density at radius 2 is 2.17 bits per heavy atom. The van der Waals surface area contributed by atoms with Crippen molar-refractivity contribution < 1.29 is 13.9 Å².